The van der Waals surface area contributed by atoms with Gasteiger partial charge in [0.25, 0.3) is 0 Å². The fraction of sp³-hybridized carbons (Fsp3) is 0.391. The van der Waals surface area contributed by atoms with Crippen molar-refractivity contribution in [1.29, 1.82) is 0 Å². The Morgan fingerprint density at radius 3 is 2.07 bits per heavy atom. The van der Waals surface area contributed by atoms with E-state index >= 15 is 0 Å². The standard InChI is InChI=1S/C23H29NO2S/c1-7-20(19-11-9-8-10-12-19)22-21(15(2)3)24(22)27(25,26)23-17(5)13-16(4)14-18(23)6/h7-15,21-22H,1-6H3/b20-7+/t21-,22-,24?/m0/s1. The van der Waals surface area contributed by atoms with Crippen LogP contribution in [0.1, 0.15) is 43.0 Å². The summed E-state index contributed by atoms with van der Waals surface area (Å²) in [5, 5.41) is 0. The predicted octanol–water partition coefficient (Wildman–Crippen LogP) is 5.11. The second kappa shape index (κ2) is 7.25. The van der Waals surface area contributed by atoms with Gasteiger partial charge in [0.2, 0.25) is 10.0 Å². The van der Waals surface area contributed by atoms with Gasteiger partial charge in [-0.05, 0) is 55.9 Å². The minimum Gasteiger partial charge on any atom is -0.207 e. The van der Waals surface area contributed by atoms with Gasteiger partial charge in [-0.15, -0.1) is 0 Å². The maximum atomic E-state index is 13.6. The molecule has 1 saturated heterocycles. The lowest BCUT2D eigenvalue weighted by Gasteiger charge is -2.15. The molecule has 0 aromatic heterocycles. The third-order valence-electron chi connectivity index (χ3n) is 5.36. The Bertz CT molecular complexity index is 952. The highest BCUT2D eigenvalue weighted by Gasteiger charge is 2.58. The number of hydrogen-bond donors (Lipinski definition) is 0. The van der Waals surface area contributed by atoms with Gasteiger partial charge in [-0.25, -0.2) is 8.42 Å². The van der Waals surface area contributed by atoms with Crippen molar-refractivity contribution in [3.05, 3.63) is 70.8 Å². The van der Waals surface area contributed by atoms with Gasteiger partial charge in [-0.1, -0.05) is 68.0 Å². The number of allylic oxidation sites excluding steroid dienone is 1. The molecule has 0 N–H and O–H groups in total. The van der Waals surface area contributed by atoms with Crippen molar-refractivity contribution in [1.82, 2.24) is 4.31 Å². The van der Waals surface area contributed by atoms with Crippen LogP contribution in [0, 0.1) is 26.7 Å². The lowest BCUT2D eigenvalue weighted by Crippen LogP contribution is -2.20. The van der Waals surface area contributed by atoms with Gasteiger partial charge in [0.05, 0.1) is 10.9 Å². The van der Waals surface area contributed by atoms with Gasteiger partial charge in [0.1, 0.15) is 0 Å². The van der Waals surface area contributed by atoms with Crippen molar-refractivity contribution >= 4 is 15.6 Å². The number of sulfonamides is 1. The summed E-state index contributed by atoms with van der Waals surface area (Å²) in [5.74, 6) is 0.245. The van der Waals surface area contributed by atoms with Crippen LogP contribution in [-0.4, -0.2) is 24.8 Å². The summed E-state index contributed by atoms with van der Waals surface area (Å²) >= 11 is 0. The molecular weight excluding hydrogens is 354 g/mol. The van der Waals surface area contributed by atoms with Crippen LogP contribution < -0.4 is 0 Å². The minimum absolute atomic E-state index is 0.0125. The Labute approximate surface area is 163 Å². The number of benzene rings is 2. The summed E-state index contributed by atoms with van der Waals surface area (Å²) in [6.45, 7) is 12.0. The average Bonchev–Trinajstić information content (AvgIpc) is 3.32. The quantitative estimate of drug-likeness (QED) is 0.673. The zero-order chi connectivity index (χ0) is 19.9. The SMILES string of the molecule is C/C=C(\c1ccccc1)[C@H]1[C@H](C(C)C)N1S(=O)(=O)c1c(C)cc(C)cc1C. The van der Waals surface area contributed by atoms with Crippen LogP contribution in [0.5, 0.6) is 0 Å². The first-order chi connectivity index (χ1) is 12.7. The van der Waals surface area contributed by atoms with Crippen LogP contribution in [0.15, 0.2) is 53.4 Å². The molecule has 1 fully saturated rings. The predicted molar refractivity (Wildman–Crippen MR) is 112 cm³/mol. The molecule has 0 spiro atoms. The highest BCUT2D eigenvalue weighted by molar-refractivity contribution is 7.89. The normalized spacial score (nSPS) is 22.9. The fourth-order valence-corrected chi connectivity index (χ4v) is 6.64. The highest BCUT2D eigenvalue weighted by Crippen LogP contribution is 2.47. The van der Waals surface area contributed by atoms with E-state index in [-0.39, 0.29) is 18.0 Å². The Balaban J connectivity index is 2.08. The molecule has 3 nitrogen and oxygen atoms in total. The molecule has 2 aromatic rings. The second-order valence-electron chi connectivity index (χ2n) is 7.85. The molecule has 144 valence electrons. The third kappa shape index (κ3) is 3.48. The van der Waals surface area contributed by atoms with E-state index in [1.54, 1.807) is 4.31 Å². The van der Waals surface area contributed by atoms with Crippen LogP contribution in [0.4, 0.5) is 0 Å². The summed E-state index contributed by atoms with van der Waals surface area (Å²) < 4.78 is 29.0. The number of hydrogen-bond acceptors (Lipinski definition) is 2. The van der Waals surface area contributed by atoms with Gasteiger partial charge in [-0.3, -0.25) is 0 Å². The molecule has 2 aromatic carbocycles. The summed E-state index contributed by atoms with van der Waals surface area (Å²) in [7, 11) is -3.56. The van der Waals surface area contributed by atoms with E-state index in [1.807, 2.05) is 58.0 Å². The Morgan fingerprint density at radius 1 is 1.04 bits per heavy atom. The molecule has 1 aliphatic rings. The van der Waals surface area contributed by atoms with Crippen LogP contribution in [0.25, 0.3) is 5.57 Å². The minimum atomic E-state index is -3.56. The number of rotatable bonds is 5. The van der Waals surface area contributed by atoms with Gasteiger partial charge in [0.15, 0.2) is 0 Å². The lowest BCUT2D eigenvalue weighted by molar-refractivity contribution is 0.516. The average molecular weight is 384 g/mol. The molecule has 0 aliphatic carbocycles. The second-order valence-corrected chi connectivity index (χ2v) is 9.63. The third-order valence-corrected chi connectivity index (χ3v) is 7.55. The monoisotopic (exact) mass is 383 g/mol. The molecule has 0 saturated carbocycles. The van der Waals surface area contributed by atoms with Gasteiger partial charge < -0.3 is 0 Å². The molecule has 1 aliphatic heterocycles. The lowest BCUT2D eigenvalue weighted by atomic mass is 9.97. The van der Waals surface area contributed by atoms with Gasteiger partial charge in [0, 0.05) is 6.04 Å². The van der Waals surface area contributed by atoms with Crippen LogP contribution >= 0.6 is 0 Å². The molecule has 0 bridgehead atoms. The van der Waals surface area contributed by atoms with Gasteiger partial charge in [-0.2, -0.15) is 4.31 Å². The van der Waals surface area contributed by atoms with Crippen LogP contribution in [0.2, 0.25) is 0 Å². The molecule has 4 heteroatoms. The highest BCUT2D eigenvalue weighted by atomic mass is 32.2. The van der Waals surface area contributed by atoms with Crippen LogP contribution in [0.3, 0.4) is 0 Å². The van der Waals surface area contributed by atoms with E-state index in [1.165, 1.54) is 0 Å². The van der Waals surface area contributed by atoms with Gasteiger partial charge >= 0.3 is 0 Å². The maximum absolute atomic E-state index is 13.6. The molecule has 1 heterocycles. The number of aryl methyl sites for hydroxylation is 3. The van der Waals surface area contributed by atoms with Crippen LogP contribution in [-0.2, 0) is 10.0 Å². The molecule has 3 atom stereocenters. The molecule has 0 radical (unpaired) electrons. The van der Waals surface area contributed by atoms with E-state index in [4.69, 9.17) is 0 Å². The molecular formula is C23H29NO2S. The molecule has 1 unspecified atom stereocenters. The molecule has 3 rings (SSSR count). The van der Waals surface area contributed by atoms with E-state index in [9.17, 15) is 8.42 Å². The van der Waals surface area contributed by atoms with Crippen molar-refractivity contribution in [3.63, 3.8) is 0 Å². The topological polar surface area (TPSA) is 37.1 Å². The van der Waals surface area contributed by atoms with Crippen molar-refractivity contribution < 1.29 is 8.42 Å². The van der Waals surface area contributed by atoms with Crippen molar-refractivity contribution in [3.8, 4) is 0 Å². The van der Waals surface area contributed by atoms with E-state index in [0.29, 0.717) is 4.90 Å². The smallest absolute Gasteiger partial charge is 0.207 e. The first-order valence-electron chi connectivity index (χ1n) is 9.53. The molecule has 27 heavy (non-hydrogen) atoms. The van der Waals surface area contributed by atoms with Crippen molar-refractivity contribution in [2.75, 3.05) is 0 Å². The molecule has 0 amide bonds. The zero-order valence-electron chi connectivity index (χ0n) is 17.0. The van der Waals surface area contributed by atoms with E-state index in [0.717, 1.165) is 27.8 Å². The zero-order valence-corrected chi connectivity index (χ0v) is 17.8. The van der Waals surface area contributed by atoms with Crippen molar-refractivity contribution in [2.24, 2.45) is 5.92 Å². The summed E-state index contributed by atoms with van der Waals surface area (Å²) in [5.41, 5.74) is 4.90. The van der Waals surface area contributed by atoms with E-state index < -0.39 is 10.0 Å². The summed E-state index contributed by atoms with van der Waals surface area (Å²) in [4.78, 5) is 0.463. The summed E-state index contributed by atoms with van der Waals surface area (Å²) in [6.07, 6.45) is 2.06. The largest absolute Gasteiger partial charge is 0.244 e. The van der Waals surface area contributed by atoms with Crippen molar-refractivity contribution in [2.45, 2.75) is 58.5 Å². The van der Waals surface area contributed by atoms with E-state index in [2.05, 4.69) is 32.1 Å². The maximum Gasteiger partial charge on any atom is 0.244 e. The fourth-order valence-electron chi connectivity index (χ4n) is 4.34. The Kier molecular flexibility index (Phi) is 5.33. The Morgan fingerprint density at radius 2 is 1.59 bits per heavy atom. The first-order valence-corrected chi connectivity index (χ1v) is 11.0. The summed E-state index contributed by atoms with van der Waals surface area (Å²) in [6, 6.07) is 13.9. The Hall–Kier alpha value is -1.91. The first kappa shape index (κ1) is 19.8. The number of nitrogens with zero attached hydrogens (tertiary/aromatic N) is 1.